The molecule has 6 heteroatoms. The van der Waals surface area contributed by atoms with Gasteiger partial charge in [0.2, 0.25) is 5.91 Å². The zero-order chi connectivity index (χ0) is 14.3. The van der Waals surface area contributed by atoms with Gasteiger partial charge < -0.3 is 16.3 Å². The van der Waals surface area contributed by atoms with Crippen molar-refractivity contribution >= 4 is 23.3 Å². The number of halogens is 1. The third kappa shape index (κ3) is 5.18. The Hall–Kier alpha value is -1.75. The highest BCUT2D eigenvalue weighted by Gasteiger charge is 2.16. The average Bonchev–Trinajstić information content (AvgIpc) is 2.37. The van der Waals surface area contributed by atoms with Gasteiger partial charge in [0.05, 0.1) is 12.5 Å². The summed E-state index contributed by atoms with van der Waals surface area (Å²) in [5.41, 5.74) is 6.35. The van der Waals surface area contributed by atoms with Crippen LogP contribution in [0.2, 0.25) is 5.02 Å². The summed E-state index contributed by atoms with van der Waals surface area (Å²) < 4.78 is 0. The first-order valence-electron chi connectivity index (χ1n) is 6.08. The number of nitrogens with two attached hydrogens (primary N) is 1. The average molecular weight is 284 g/mol. The zero-order valence-corrected chi connectivity index (χ0v) is 11.5. The maximum Gasteiger partial charge on any atom is 0.225 e. The highest BCUT2D eigenvalue weighted by atomic mass is 35.5. The molecule has 104 valence electrons. The molecule has 0 saturated heterocycles. The van der Waals surface area contributed by atoms with Crippen molar-refractivity contribution in [3.63, 3.8) is 0 Å². The van der Waals surface area contributed by atoms with Gasteiger partial charge in [-0.2, -0.15) is 0 Å². The smallest absolute Gasteiger partial charge is 0.225 e. The maximum absolute atomic E-state index is 11.9. The van der Waals surface area contributed by atoms with Crippen LogP contribution in [-0.4, -0.2) is 23.0 Å². The molecule has 1 rings (SSSR count). The van der Waals surface area contributed by atoms with Gasteiger partial charge >= 0.3 is 0 Å². The number of carbonyl (C=O) groups excluding carboxylic acids is 1. The molecule has 0 fully saturated rings. The monoisotopic (exact) mass is 283 g/mol. The molecule has 1 amide bonds. The van der Waals surface area contributed by atoms with E-state index in [1.165, 1.54) is 0 Å². The van der Waals surface area contributed by atoms with Gasteiger partial charge in [0.1, 0.15) is 0 Å². The predicted molar refractivity (Wildman–Crippen MR) is 75.4 cm³/mol. The Bertz CT molecular complexity index is 463. The largest absolute Gasteiger partial charge is 0.409 e. The molecule has 0 saturated carbocycles. The van der Waals surface area contributed by atoms with E-state index in [1.807, 2.05) is 13.0 Å². The van der Waals surface area contributed by atoms with Crippen LogP contribution in [0.25, 0.3) is 0 Å². The maximum atomic E-state index is 11.9. The summed E-state index contributed by atoms with van der Waals surface area (Å²) in [7, 11) is 0. The molecule has 0 bridgehead atoms. The Morgan fingerprint density at radius 3 is 2.89 bits per heavy atom. The lowest BCUT2D eigenvalue weighted by Gasteiger charge is -2.16. The van der Waals surface area contributed by atoms with E-state index < -0.39 is 6.04 Å². The molecule has 0 heterocycles. The molecule has 19 heavy (non-hydrogen) atoms. The molecule has 1 aromatic carbocycles. The van der Waals surface area contributed by atoms with Crippen LogP contribution in [0.1, 0.15) is 25.3 Å². The Kier molecular flexibility index (Phi) is 6.15. The topological polar surface area (TPSA) is 87.7 Å². The molecular formula is C13H18ClN3O2. The molecule has 4 N–H and O–H groups in total. The van der Waals surface area contributed by atoms with Gasteiger partial charge in [-0.15, -0.1) is 0 Å². The quantitative estimate of drug-likeness (QED) is 0.322. The van der Waals surface area contributed by atoms with Crippen molar-refractivity contribution in [1.29, 1.82) is 0 Å². The fraction of sp³-hybridized carbons (Fsp3) is 0.385. The number of amides is 1. The fourth-order valence-electron chi connectivity index (χ4n) is 1.73. The molecule has 0 radical (unpaired) electrons. The van der Waals surface area contributed by atoms with E-state index in [1.54, 1.807) is 18.2 Å². The Morgan fingerprint density at radius 1 is 1.58 bits per heavy atom. The molecule has 0 aliphatic heterocycles. The summed E-state index contributed by atoms with van der Waals surface area (Å²) in [6.45, 7) is 1.96. The summed E-state index contributed by atoms with van der Waals surface area (Å²) in [6, 6.07) is 6.65. The summed E-state index contributed by atoms with van der Waals surface area (Å²) >= 11 is 5.85. The first-order chi connectivity index (χ1) is 9.06. The van der Waals surface area contributed by atoms with Crippen molar-refractivity contribution in [3.05, 3.63) is 34.9 Å². The third-order valence-electron chi connectivity index (χ3n) is 2.64. The van der Waals surface area contributed by atoms with Crippen LogP contribution in [0.5, 0.6) is 0 Å². The molecule has 1 atom stereocenters. The number of oxime groups is 1. The van der Waals surface area contributed by atoms with Crippen molar-refractivity contribution in [2.45, 2.75) is 32.2 Å². The lowest BCUT2D eigenvalue weighted by molar-refractivity contribution is -0.120. The van der Waals surface area contributed by atoms with Crippen molar-refractivity contribution < 1.29 is 10.0 Å². The molecule has 0 aliphatic carbocycles. The van der Waals surface area contributed by atoms with Crippen LogP contribution < -0.4 is 11.1 Å². The number of hydrogen-bond donors (Lipinski definition) is 3. The van der Waals surface area contributed by atoms with E-state index in [4.69, 9.17) is 22.5 Å². The highest BCUT2D eigenvalue weighted by Crippen LogP contribution is 2.11. The van der Waals surface area contributed by atoms with Crippen LogP contribution in [0.4, 0.5) is 0 Å². The lowest BCUT2D eigenvalue weighted by atomic mass is 10.1. The van der Waals surface area contributed by atoms with E-state index in [-0.39, 0.29) is 18.2 Å². The predicted octanol–water partition coefficient (Wildman–Crippen LogP) is 1.91. The van der Waals surface area contributed by atoms with Gasteiger partial charge in [-0.05, 0) is 24.1 Å². The molecule has 0 aromatic heterocycles. The standard InChI is InChI=1S/C13H18ClN3O2/c1-2-4-11(13(15)17-19)16-12(18)8-9-5-3-6-10(14)7-9/h3,5-7,11,19H,2,4,8H2,1H3,(H2,15,17)(H,16,18). The molecule has 0 spiro atoms. The van der Waals surface area contributed by atoms with Crippen LogP contribution >= 0.6 is 11.6 Å². The minimum atomic E-state index is -0.443. The molecule has 5 nitrogen and oxygen atoms in total. The molecule has 1 unspecified atom stereocenters. The van der Waals surface area contributed by atoms with Crippen molar-refractivity contribution in [3.8, 4) is 0 Å². The van der Waals surface area contributed by atoms with Gasteiger partial charge in [-0.1, -0.05) is 42.2 Å². The van der Waals surface area contributed by atoms with Gasteiger partial charge in [-0.25, -0.2) is 0 Å². The Morgan fingerprint density at radius 2 is 2.32 bits per heavy atom. The first kappa shape index (κ1) is 15.3. The number of benzene rings is 1. The normalized spacial score (nSPS) is 13.1. The summed E-state index contributed by atoms with van der Waals surface area (Å²) in [5.74, 6) is -0.173. The van der Waals surface area contributed by atoms with E-state index >= 15 is 0 Å². The third-order valence-corrected chi connectivity index (χ3v) is 2.87. The summed E-state index contributed by atoms with van der Waals surface area (Å²) in [5, 5.41) is 14.9. The number of amidine groups is 1. The van der Waals surface area contributed by atoms with E-state index in [0.29, 0.717) is 11.4 Å². The number of carbonyl (C=O) groups is 1. The SMILES string of the molecule is CCCC(NC(=O)Cc1cccc(Cl)c1)C(N)=NO. The van der Waals surface area contributed by atoms with Gasteiger partial charge in [0, 0.05) is 5.02 Å². The fourth-order valence-corrected chi connectivity index (χ4v) is 1.94. The Labute approximate surface area is 117 Å². The van der Waals surface area contributed by atoms with Gasteiger partial charge in [-0.3, -0.25) is 4.79 Å². The summed E-state index contributed by atoms with van der Waals surface area (Å²) in [4.78, 5) is 11.9. The van der Waals surface area contributed by atoms with Gasteiger partial charge in [0.25, 0.3) is 0 Å². The van der Waals surface area contributed by atoms with Crippen molar-refractivity contribution in [1.82, 2.24) is 5.32 Å². The number of nitrogens with zero attached hydrogens (tertiary/aromatic N) is 1. The molecular weight excluding hydrogens is 266 g/mol. The number of rotatable bonds is 6. The number of nitrogens with one attached hydrogen (secondary N) is 1. The first-order valence-corrected chi connectivity index (χ1v) is 6.45. The van der Waals surface area contributed by atoms with Crippen LogP contribution in [0, 0.1) is 0 Å². The van der Waals surface area contributed by atoms with Crippen LogP contribution in [-0.2, 0) is 11.2 Å². The Balaban J connectivity index is 2.62. The van der Waals surface area contributed by atoms with Gasteiger partial charge in [0.15, 0.2) is 5.84 Å². The summed E-state index contributed by atoms with van der Waals surface area (Å²) in [6.07, 6.45) is 1.65. The second-order valence-electron chi connectivity index (χ2n) is 4.24. The van der Waals surface area contributed by atoms with E-state index in [0.717, 1.165) is 12.0 Å². The second-order valence-corrected chi connectivity index (χ2v) is 4.68. The van der Waals surface area contributed by atoms with Crippen LogP contribution in [0.15, 0.2) is 29.4 Å². The minimum absolute atomic E-state index is 0.0151. The van der Waals surface area contributed by atoms with E-state index in [2.05, 4.69) is 10.5 Å². The highest BCUT2D eigenvalue weighted by molar-refractivity contribution is 6.30. The van der Waals surface area contributed by atoms with Crippen LogP contribution in [0.3, 0.4) is 0 Å². The molecule has 1 aromatic rings. The number of hydrogen-bond acceptors (Lipinski definition) is 3. The zero-order valence-electron chi connectivity index (χ0n) is 10.8. The van der Waals surface area contributed by atoms with E-state index in [9.17, 15) is 4.79 Å². The molecule has 0 aliphatic rings. The van der Waals surface area contributed by atoms with Crippen molar-refractivity contribution in [2.24, 2.45) is 10.9 Å². The lowest BCUT2D eigenvalue weighted by Crippen LogP contribution is -2.45. The van der Waals surface area contributed by atoms with Crippen molar-refractivity contribution in [2.75, 3.05) is 0 Å². The minimum Gasteiger partial charge on any atom is -0.409 e. The second kappa shape index (κ2) is 7.63.